The van der Waals surface area contributed by atoms with Gasteiger partial charge in [0.25, 0.3) is 0 Å². The lowest BCUT2D eigenvalue weighted by Gasteiger charge is -2.37. The van der Waals surface area contributed by atoms with Gasteiger partial charge in [-0.3, -0.25) is 0 Å². The molecule has 0 aliphatic heterocycles. The van der Waals surface area contributed by atoms with Gasteiger partial charge in [0.05, 0.1) is 4.47 Å². The molecule has 23 heavy (non-hydrogen) atoms. The Morgan fingerprint density at radius 2 is 1.87 bits per heavy atom. The molecule has 0 radical (unpaired) electrons. The molecule has 1 aromatic carbocycles. The Kier molecular flexibility index (Phi) is 6.45. The molecule has 6 heteroatoms. The molecule has 0 atom stereocenters. The highest BCUT2D eigenvalue weighted by atomic mass is 79.9. The minimum Gasteiger partial charge on any atom is -0.444 e. The highest BCUT2D eigenvalue weighted by Gasteiger charge is 2.30. The van der Waals surface area contributed by atoms with E-state index in [0.29, 0.717) is 17.6 Å². The van der Waals surface area contributed by atoms with Gasteiger partial charge in [-0.2, -0.15) is 0 Å². The molecule has 0 saturated carbocycles. The smallest absolute Gasteiger partial charge is 0.410 e. The highest BCUT2D eigenvalue weighted by molar-refractivity contribution is 9.10. The van der Waals surface area contributed by atoms with E-state index in [9.17, 15) is 9.18 Å². The number of benzene rings is 1. The number of carbonyl (C=O) groups is 1. The summed E-state index contributed by atoms with van der Waals surface area (Å²) in [6, 6.07) is 4.72. The van der Waals surface area contributed by atoms with Crippen molar-refractivity contribution in [3.8, 4) is 0 Å². The van der Waals surface area contributed by atoms with E-state index in [0.717, 1.165) is 5.69 Å². The summed E-state index contributed by atoms with van der Waals surface area (Å²) in [5, 5.41) is 3.19. The van der Waals surface area contributed by atoms with E-state index < -0.39 is 5.60 Å². The van der Waals surface area contributed by atoms with Gasteiger partial charge >= 0.3 is 6.09 Å². The van der Waals surface area contributed by atoms with E-state index in [2.05, 4.69) is 21.2 Å². The number of carbonyl (C=O) groups excluding carboxylic acids is 1. The van der Waals surface area contributed by atoms with Crippen LogP contribution in [0.3, 0.4) is 0 Å². The van der Waals surface area contributed by atoms with E-state index in [4.69, 9.17) is 4.74 Å². The van der Waals surface area contributed by atoms with E-state index in [1.165, 1.54) is 6.07 Å². The maximum absolute atomic E-state index is 13.2. The number of rotatable bonds is 4. The van der Waals surface area contributed by atoms with Crippen molar-refractivity contribution in [2.75, 3.05) is 18.4 Å². The molecular weight excluding hydrogens is 363 g/mol. The van der Waals surface area contributed by atoms with Crippen molar-refractivity contribution in [1.82, 2.24) is 4.90 Å². The summed E-state index contributed by atoms with van der Waals surface area (Å²) in [6.45, 7) is 12.4. The third-order valence-electron chi connectivity index (χ3n) is 3.01. The minimum absolute atomic E-state index is 0.305. The van der Waals surface area contributed by atoms with Gasteiger partial charge in [0, 0.05) is 24.3 Å². The number of ether oxygens (including phenoxy) is 1. The zero-order valence-electron chi connectivity index (χ0n) is 14.7. The van der Waals surface area contributed by atoms with Gasteiger partial charge in [0.2, 0.25) is 0 Å². The summed E-state index contributed by atoms with van der Waals surface area (Å²) in [7, 11) is 0. The Morgan fingerprint density at radius 3 is 2.35 bits per heavy atom. The number of nitrogens with zero attached hydrogens (tertiary/aromatic N) is 1. The fourth-order valence-corrected chi connectivity index (χ4v) is 2.31. The first-order valence-electron chi connectivity index (χ1n) is 7.60. The van der Waals surface area contributed by atoms with Gasteiger partial charge < -0.3 is 15.0 Å². The van der Waals surface area contributed by atoms with Crippen LogP contribution in [0.2, 0.25) is 0 Å². The van der Waals surface area contributed by atoms with Crippen molar-refractivity contribution in [3.05, 3.63) is 28.5 Å². The molecule has 0 heterocycles. The summed E-state index contributed by atoms with van der Waals surface area (Å²) in [5.74, 6) is -0.305. The number of halogens is 2. The van der Waals surface area contributed by atoms with Crippen LogP contribution >= 0.6 is 15.9 Å². The SMILES string of the molecule is CC(C)(C)OC(=O)N(CCNc1ccc(F)c(Br)c1)C(C)(C)C. The van der Waals surface area contributed by atoms with Crippen molar-refractivity contribution in [1.29, 1.82) is 0 Å². The van der Waals surface area contributed by atoms with Crippen LogP contribution in [0, 0.1) is 5.82 Å². The van der Waals surface area contributed by atoms with Crippen LogP contribution in [0.5, 0.6) is 0 Å². The second kappa shape index (κ2) is 7.51. The minimum atomic E-state index is -0.532. The molecule has 1 rings (SSSR count). The third kappa shape index (κ3) is 6.77. The molecule has 0 aliphatic carbocycles. The number of nitrogens with one attached hydrogen (secondary N) is 1. The van der Waals surface area contributed by atoms with Crippen LogP contribution < -0.4 is 5.32 Å². The molecule has 1 aromatic rings. The molecule has 0 aliphatic rings. The summed E-state index contributed by atoms with van der Waals surface area (Å²) in [4.78, 5) is 14.0. The van der Waals surface area contributed by atoms with Gasteiger partial charge in [0.1, 0.15) is 11.4 Å². The zero-order valence-corrected chi connectivity index (χ0v) is 16.3. The van der Waals surface area contributed by atoms with Crippen molar-refractivity contribution < 1.29 is 13.9 Å². The number of hydrogen-bond acceptors (Lipinski definition) is 3. The fourth-order valence-electron chi connectivity index (χ4n) is 1.94. The average Bonchev–Trinajstić information content (AvgIpc) is 2.35. The Bertz CT molecular complexity index is 551. The normalized spacial score (nSPS) is 12.0. The number of anilines is 1. The fraction of sp³-hybridized carbons (Fsp3) is 0.588. The van der Waals surface area contributed by atoms with Gasteiger partial charge in [0.15, 0.2) is 0 Å². The topological polar surface area (TPSA) is 41.6 Å². The molecule has 130 valence electrons. The van der Waals surface area contributed by atoms with E-state index in [-0.39, 0.29) is 17.4 Å². The van der Waals surface area contributed by atoms with Crippen molar-refractivity contribution in [2.45, 2.75) is 52.7 Å². The second-order valence-corrected chi connectivity index (χ2v) is 8.21. The first-order chi connectivity index (χ1) is 10.4. The lowest BCUT2D eigenvalue weighted by molar-refractivity contribution is 0.00749. The Morgan fingerprint density at radius 1 is 1.26 bits per heavy atom. The van der Waals surface area contributed by atoms with Crippen LogP contribution in [0.1, 0.15) is 41.5 Å². The van der Waals surface area contributed by atoms with Crippen molar-refractivity contribution in [3.63, 3.8) is 0 Å². The Labute approximate surface area is 146 Å². The molecule has 0 unspecified atom stereocenters. The molecule has 1 amide bonds. The summed E-state index contributed by atoms with van der Waals surface area (Å²) >= 11 is 3.16. The zero-order chi connectivity index (χ0) is 17.8. The average molecular weight is 389 g/mol. The monoisotopic (exact) mass is 388 g/mol. The van der Waals surface area contributed by atoms with Gasteiger partial charge in [-0.05, 0) is 75.7 Å². The molecule has 0 spiro atoms. The predicted octanol–water partition coefficient (Wildman–Crippen LogP) is 5.04. The molecule has 0 saturated heterocycles. The quantitative estimate of drug-likeness (QED) is 0.785. The highest BCUT2D eigenvalue weighted by Crippen LogP contribution is 2.21. The standard InChI is InChI=1S/C17H26BrFN2O2/c1-16(2,3)21(15(22)23-17(4,5)6)10-9-20-12-7-8-14(19)13(18)11-12/h7-8,11,20H,9-10H2,1-6H3. The van der Waals surface area contributed by atoms with E-state index in [1.807, 2.05) is 41.5 Å². The first kappa shape index (κ1) is 19.7. The van der Waals surface area contributed by atoms with Crippen molar-refractivity contribution in [2.24, 2.45) is 0 Å². The molecule has 0 bridgehead atoms. The Balaban J connectivity index is 2.68. The summed E-state index contributed by atoms with van der Waals surface area (Å²) < 4.78 is 19.1. The maximum Gasteiger partial charge on any atom is 0.410 e. The molecule has 0 aromatic heterocycles. The second-order valence-electron chi connectivity index (χ2n) is 7.36. The Hall–Kier alpha value is -1.30. The van der Waals surface area contributed by atoms with Crippen molar-refractivity contribution >= 4 is 27.7 Å². The van der Waals surface area contributed by atoms with Gasteiger partial charge in [-0.25, -0.2) is 9.18 Å². The first-order valence-corrected chi connectivity index (χ1v) is 8.39. The number of amides is 1. The predicted molar refractivity (Wildman–Crippen MR) is 95.3 cm³/mol. The van der Waals surface area contributed by atoms with Crippen LogP contribution in [-0.4, -0.2) is 35.2 Å². The van der Waals surface area contributed by atoms with E-state index >= 15 is 0 Å². The van der Waals surface area contributed by atoms with Crippen LogP contribution in [0.25, 0.3) is 0 Å². The molecular formula is C17H26BrFN2O2. The number of hydrogen-bond donors (Lipinski definition) is 1. The third-order valence-corrected chi connectivity index (χ3v) is 3.62. The van der Waals surface area contributed by atoms with Crippen LogP contribution in [0.15, 0.2) is 22.7 Å². The lowest BCUT2D eigenvalue weighted by Crippen LogP contribution is -2.49. The summed E-state index contributed by atoms with van der Waals surface area (Å²) in [6.07, 6.45) is -0.341. The molecule has 4 nitrogen and oxygen atoms in total. The molecule has 0 fully saturated rings. The molecule has 1 N–H and O–H groups in total. The van der Waals surface area contributed by atoms with E-state index in [1.54, 1.807) is 17.0 Å². The summed E-state index contributed by atoms with van der Waals surface area (Å²) in [5.41, 5.74) is -0.0974. The van der Waals surface area contributed by atoms with Crippen LogP contribution in [0.4, 0.5) is 14.9 Å². The maximum atomic E-state index is 13.2. The largest absolute Gasteiger partial charge is 0.444 e. The van der Waals surface area contributed by atoms with Gasteiger partial charge in [-0.15, -0.1) is 0 Å². The van der Waals surface area contributed by atoms with Gasteiger partial charge in [-0.1, -0.05) is 0 Å². The van der Waals surface area contributed by atoms with Crippen LogP contribution in [-0.2, 0) is 4.74 Å². The lowest BCUT2D eigenvalue weighted by atomic mass is 10.1.